The minimum absolute atomic E-state index is 0.0255. The first-order valence-corrected chi connectivity index (χ1v) is 6.84. The van der Waals surface area contributed by atoms with Crippen molar-refractivity contribution in [3.8, 4) is 5.75 Å². The summed E-state index contributed by atoms with van der Waals surface area (Å²) in [6, 6.07) is 7.04. The molecular formula is C16H14F4N2O2. The SMILES string of the molecule is CC(F)(F)Oc1ccc(CNC(=O)c2cc(F)c(F)cc2N)cc1. The number of hydrogen-bond acceptors (Lipinski definition) is 3. The van der Waals surface area contributed by atoms with Crippen molar-refractivity contribution in [1.29, 1.82) is 0 Å². The van der Waals surface area contributed by atoms with Gasteiger partial charge in [0, 0.05) is 25.2 Å². The molecule has 0 fully saturated rings. The third-order valence-electron chi connectivity index (χ3n) is 3.01. The highest BCUT2D eigenvalue weighted by Crippen LogP contribution is 2.21. The number of rotatable bonds is 5. The first kappa shape index (κ1) is 17.6. The van der Waals surface area contributed by atoms with E-state index in [2.05, 4.69) is 10.1 Å². The van der Waals surface area contributed by atoms with Gasteiger partial charge in [0.25, 0.3) is 5.91 Å². The predicted octanol–water partition coefficient (Wildman–Crippen LogP) is 3.47. The van der Waals surface area contributed by atoms with Gasteiger partial charge < -0.3 is 15.8 Å². The normalized spacial score (nSPS) is 11.2. The number of nitrogens with one attached hydrogen (secondary N) is 1. The molecule has 8 heteroatoms. The van der Waals surface area contributed by atoms with Gasteiger partial charge >= 0.3 is 6.11 Å². The summed E-state index contributed by atoms with van der Waals surface area (Å²) in [7, 11) is 0. The molecule has 3 N–H and O–H groups in total. The number of nitrogen functional groups attached to an aromatic ring is 1. The van der Waals surface area contributed by atoms with Crippen LogP contribution >= 0.6 is 0 Å². The summed E-state index contributed by atoms with van der Waals surface area (Å²) < 4.78 is 55.9. The molecule has 2 rings (SSSR count). The van der Waals surface area contributed by atoms with E-state index in [1.54, 1.807) is 0 Å². The molecule has 1 amide bonds. The maximum Gasteiger partial charge on any atom is 0.394 e. The highest BCUT2D eigenvalue weighted by Gasteiger charge is 2.22. The van der Waals surface area contributed by atoms with Crippen LogP contribution in [0.2, 0.25) is 0 Å². The summed E-state index contributed by atoms with van der Waals surface area (Å²) in [5.41, 5.74) is 5.69. The van der Waals surface area contributed by atoms with Gasteiger partial charge in [0.2, 0.25) is 0 Å². The van der Waals surface area contributed by atoms with Crippen molar-refractivity contribution in [3.63, 3.8) is 0 Å². The number of carbonyl (C=O) groups is 1. The summed E-state index contributed by atoms with van der Waals surface area (Å²) >= 11 is 0. The Kier molecular flexibility index (Phi) is 4.96. The third-order valence-corrected chi connectivity index (χ3v) is 3.01. The number of benzene rings is 2. The number of alkyl halides is 2. The van der Waals surface area contributed by atoms with Crippen LogP contribution in [0, 0.1) is 11.6 Å². The van der Waals surface area contributed by atoms with Gasteiger partial charge in [-0.15, -0.1) is 0 Å². The molecule has 128 valence electrons. The Labute approximate surface area is 135 Å². The van der Waals surface area contributed by atoms with Gasteiger partial charge in [-0.3, -0.25) is 4.79 Å². The zero-order chi connectivity index (χ0) is 17.9. The second-order valence-corrected chi connectivity index (χ2v) is 5.09. The summed E-state index contributed by atoms with van der Waals surface area (Å²) in [6.45, 7) is 0.660. The molecule has 0 saturated carbocycles. The smallest absolute Gasteiger partial charge is 0.394 e. The van der Waals surface area contributed by atoms with Gasteiger partial charge in [-0.25, -0.2) is 8.78 Å². The Hall–Kier alpha value is -2.77. The number of amides is 1. The van der Waals surface area contributed by atoms with E-state index in [0.717, 1.165) is 6.07 Å². The van der Waals surface area contributed by atoms with E-state index in [0.29, 0.717) is 18.6 Å². The molecule has 0 spiro atoms. The maximum atomic E-state index is 13.2. The second kappa shape index (κ2) is 6.77. The number of anilines is 1. The van der Waals surface area contributed by atoms with E-state index in [-0.39, 0.29) is 23.5 Å². The zero-order valence-corrected chi connectivity index (χ0v) is 12.6. The van der Waals surface area contributed by atoms with Crippen molar-refractivity contribution < 1.29 is 27.1 Å². The fraction of sp³-hybridized carbons (Fsp3) is 0.188. The Balaban J connectivity index is 2.00. The summed E-state index contributed by atoms with van der Waals surface area (Å²) in [6.07, 6.45) is -3.29. The van der Waals surface area contributed by atoms with E-state index >= 15 is 0 Å². The molecule has 4 nitrogen and oxygen atoms in total. The van der Waals surface area contributed by atoms with Gasteiger partial charge in [-0.1, -0.05) is 12.1 Å². The van der Waals surface area contributed by atoms with Crippen LogP contribution in [0.5, 0.6) is 5.75 Å². The molecule has 0 aliphatic rings. The Morgan fingerprint density at radius 1 is 1.17 bits per heavy atom. The van der Waals surface area contributed by atoms with Crippen LogP contribution in [0.1, 0.15) is 22.8 Å². The van der Waals surface area contributed by atoms with Crippen molar-refractivity contribution in [2.45, 2.75) is 19.6 Å². The minimum atomic E-state index is -3.29. The number of ether oxygens (including phenoxy) is 1. The largest absolute Gasteiger partial charge is 0.433 e. The van der Waals surface area contributed by atoms with E-state index in [4.69, 9.17) is 5.73 Å². The fourth-order valence-electron chi connectivity index (χ4n) is 1.92. The second-order valence-electron chi connectivity index (χ2n) is 5.09. The van der Waals surface area contributed by atoms with E-state index < -0.39 is 23.7 Å². The molecule has 0 heterocycles. The molecule has 0 radical (unpaired) electrons. The first-order chi connectivity index (χ1) is 11.2. The fourth-order valence-corrected chi connectivity index (χ4v) is 1.92. The third kappa shape index (κ3) is 4.61. The lowest BCUT2D eigenvalue weighted by Crippen LogP contribution is -2.24. The summed E-state index contributed by atoms with van der Waals surface area (Å²) in [4.78, 5) is 12.0. The molecular weight excluding hydrogens is 328 g/mol. The van der Waals surface area contributed by atoms with E-state index in [1.165, 1.54) is 24.3 Å². The number of halogens is 4. The molecule has 24 heavy (non-hydrogen) atoms. The average molecular weight is 342 g/mol. The van der Waals surface area contributed by atoms with Gasteiger partial charge in [0.05, 0.1) is 5.56 Å². The highest BCUT2D eigenvalue weighted by atomic mass is 19.3. The maximum absolute atomic E-state index is 13.2. The van der Waals surface area contributed by atoms with Crippen LogP contribution in [0.4, 0.5) is 23.2 Å². The molecule has 0 aliphatic carbocycles. The van der Waals surface area contributed by atoms with Crippen LogP contribution in [-0.2, 0) is 6.54 Å². The lowest BCUT2D eigenvalue weighted by Gasteiger charge is -2.13. The summed E-state index contributed by atoms with van der Waals surface area (Å²) in [5, 5.41) is 2.47. The molecule has 0 unspecified atom stereocenters. The van der Waals surface area contributed by atoms with Crippen molar-refractivity contribution in [1.82, 2.24) is 5.32 Å². The highest BCUT2D eigenvalue weighted by molar-refractivity contribution is 5.99. The van der Waals surface area contributed by atoms with E-state index in [1.807, 2.05) is 0 Å². The number of hydrogen-bond donors (Lipinski definition) is 2. The number of nitrogens with two attached hydrogens (primary N) is 1. The quantitative estimate of drug-likeness (QED) is 0.646. The van der Waals surface area contributed by atoms with Gasteiger partial charge in [0.1, 0.15) is 5.75 Å². The van der Waals surface area contributed by atoms with Crippen molar-refractivity contribution in [3.05, 3.63) is 59.2 Å². The Bertz CT molecular complexity index is 743. The average Bonchev–Trinajstić information content (AvgIpc) is 2.48. The standard InChI is InChI=1S/C16H14F4N2O2/c1-16(19,20)24-10-4-2-9(3-5-10)8-22-15(23)11-6-12(17)13(18)7-14(11)21/h2-7H,8,21H2,1H3,(H,22,23). The van der Waals surface area contributed by atoms with Crippen molar-refractivity contribution >= 4 is 11.6 Å². The van der Waals surface area contributed by atoms with Crippen LogP contribution in [0.25, 0.3) is 0 Å². The van der Waals surface area contributed by atoms with Crippen LogP contribution in [-0.4, -0.2) is 12.0 Å². The van der Waals surface area contributed by atoms with Gasteiger partial charge in [-0.2, -0.15) is 8.78 Å². The lowest BCUT2D eigenvalue weighted by atomic mass is 10.1. The van der Waals surface area contributed by atoms with Crippen molar-refractivity contribution in [2.75, 3.05) is 5.73 Å². The zero-order valence-electron chi connectivity index (χ0n) is 12.6. The monoisotopic (exact) mass is 342 g/mol. The van der Waals surface area contributed by atoms with Crippen molar-refractivity contribution in [2.24, 2.45) is 0 Å². The number of carbonyl (C=O) groups excluding carboxylic acids is 1. The predicted molar refractivity (Wildman–Crippen MR) is 79.6 cm³/mol. The van der Waals surface area contributed by atoms with Crippen LogP contribution in [0.3, 0.4) is 0 Å². The Morgan fingerprint density at radius 2 is 1.75 bits per heavy atom. The topological polar surface area (TPSA) is 64.3 Å². The molecule has 0 atom stereocenters. The molecule has 2 aromatic carbocycles. The minimum Gasteiger partial charge on any atom is -0.433 e. The van der Waals surface area contributed by atoms with Crippen LogP contribution in [0.15, 0.2) is 36.4 Å². The van der Waals surface area contributed by atoms with E-state index in [9.17, 15) is 22.4 Å². The van der Waals surface area contributed by atoms with Crippen LogP contribution < -0.4 is 15.8 Å². The molecule has 0 bridgehead atoms. The lowest BCUT2D eigenvalue weighted by molar-refractivity contribution is -0.158. The molecule has 0 aliphatic heterocycles. The summed E-state index contributed by atoms with van der Waals surface area (Å²) in [5.74, 6) is -3.04. The first-order valence-electron chi connectivity index (χ1n) is 6.84. The Morgan fingerprint density at radius 3 is 2.33 bits per heavy atom. The molecule has 0 aromatic heterocycles. The molecule has 0 saturated heterocycles. The van der Waals surface area contributed by atoms with Gasteiger partial charge in [-0.05, 0) is 23.8 Å². The van der Waals surface area contributed by atoms with Gasteiger partial charge in [0.15, 0.2) is 11.6 Å². The molecule has 2 aromatic rings.